The maximum atomic E-state index is 12.2. The standard InChI is InChI=1S/C16H18N2O3S/c1-9(2)21-15(20)13-11(4)17-16(22-13)18-14(19)12-7-5-6-10(3)8-12/h5-9H,1-4H3,(H,17,18,19). The molecule has 0 aliphatic rings. The number of nitrogens with zero attached hydrogens (tertiary/aromatic N) is 1. The Morgan fingerprint density at radius 1 is 1.27 bits per heavy atom. The summed E-state index contributed by atoms with van der Waals surface area (Å²) in [7, 11) is 0. The molecule has 0 fully saturated rings. The quantitative estimate of drug-likeness (QED) is 0.875. The molecule has 0 bridgehead atoms. The van der Waals surface area contributed by atoms with E-state index in [0.717, 1.165) is 16.9 Å². The summed E-state index contributed by atoms with van der Waals surface area (Å²) in [6.07, 6.45) is -0.195. The highest BCUT2D eigenvalue weighted by Crippen LogP contribution is 2.24. The van der Waals surface area contributed by atoms with Gasteiger partial charge in [-0.2, -0.15) is 0 Å². The molecular weight excluding hydrogens is 300 g/mol. The Hall–Kier alpha value is -2.21. The van der Waals surface area contributed by atoms with Crippen molar-refractivity contribution in [3.63, 3.8) is 0 Å². The van der Waals surface area contributed by atoms with Crippen LogP contribution < -0.4 is 5.32 Å². The van der Waals surface area contributed by atoms with Crippen LogP contribution in [0.4, 0.5) is 5.13 Å². The average Bonchev–Trinajstić information content (AvgIpc) is 2.79. The number of aromatic nitrogens is 1. The van der Waals surface area contributed by atoms with E-state index >= 15 is 0 Å². The Balaban J connectivity index is 2.14. The van der Waals surface area contributed by atoms with Gasteiger partial charge >= 0.3 is 5.97 Å². The van der Waals surface area contributed by atoms with Gasteiger partial charge in [0.1, 0.15) is 4.88 Å². The van der Waals surface area contributed by atoms with Crippen molar-refractivity contribution < 1.29 is 14.3 Å². The van der Waals surface area contributed by atoms with Gasteiger partial charge in [0, 0.05) is 5.56 Å². The van der Waals surface area contributed by atoms with Gasteiger partial charge < -0.3 is 4.74 Å². The number of nitrogens with one attached hydrogen (secondary N) is 1. The molecule has 2 rings (SSSR count). The molecule has 22 heavy (non-hydrogen) atoms. The lowest BCUT2D eigenvalue weighted by atomic mass is 10.1. The zero-order valence-corrected chi connectivity index (χ0v) is 13.8. The highest BCUT2D eigenvalue weighted by atomic mass is 32.1. The number of carbonyl (C=O) groups is 2. The topological polar surface area (TPSA) is 68.3 Å². The van der Waals surface area contributed by atoms with Gasteiger partial charge in [-0.25, -0.2) is 9.78 Å². The molecule has 6 heteroatoms. The van der Waals surface area contributed by atoms with E-state index < -0.39 is 5.97 Å². The lowest BCUT2D eigenvalue weighted by Crippen LogP contribution is -2.11. The van der Waals surface area contributed by atoms with Crippen molar-refractivity contribution in [1.82, 2.24) is 4.98 Å². The fourth-order valence-corrected chi connectivity index (χ4v) is 2.71. The summed E-state index contributed by atoms with van der Waals surface area (Å²) in [5, 5.41) is 3.10. The normalized spacial score (nSPS) is 10.6. The van der Waals surface area contributed by atoms with Crippen LogP contribution in [0.1, 0.15) is 45.1 Å². The molecule has 1 N–H and O–H groups in total. The first-order valence-corrected chi connectivity index (χ1v) is 7.75. The Morgan fingerprint density at radius 3 is 2.64 bits per heavy atom. The SMILES string of the molecule is Cc1cccc(C(=O)Nc2nc(C)c(C(=O)OC(C)C)s2)c1. The molecule has 0 radical (unpaired) electrons. The van der Waals surface area contributed by atoms with Gasteiger partial charge in [-0.05, 0) is 39.8 Å². The third-order valence-electron chi connectivity index (χ3n) is 2.83. The minimum absolute atomic E-state index is 0.195. The molecule has 0 spiro atoms. The molecule has 1 heterocycles. The van der Waals surface area contributed by atoms with Crippen LogP contribution in [0.25, 0.3) is 0 Å². The highest BCUT2D eigenvalue weighted by molar-refractivity contribution is 7.17. The summed E-state index contributed by atoms with van der Waals surface area (Å²) in [5.41, 5.74) is 2.11. The lowest BCUT2D eigenvalue weighted by molar-refractivity contribution is 0.0382. The van der Waals surface area contributed by atoms with E-state index in [9.17, 15) is 9.59 Å². The van der Waals surface area contributed by atoms with Crippen LogP contribution in [-0.2, 0) is 4.74 Å². The number of aryl methyl sites for hydroxylation is 2. The van der Waals surface area contributed by atoms with Crippen LogP contribution in [0, 0.1) is 13.8 Å². The van der Waals surface area contributed by atoms with Crippen LogP contribution in [0.3, 0.4) is 0 Å². The van der Waals surface area contributed by atoms with Crippen LogP contribution in [0.5, 0.6) is 0 Å². The molecule has 2 aromatic rings. The number of amides is 1. The van der Waals surface area contributed by atoms with Crippen molar-refractivity contribution in [2.75, 3.05) is 5.32 Å². The van der Waals surface area contributed by atoms with Crippen LogP contribution in [-0.4, -0.2) is 23.0 Å². The predicted molar refractivity (Wildman–Crippen MR) is 86.5 cm³/mol. The third kappa shape index (κ3) is 3.92. The first-order chi connectivity index (χ1) is 10.4. The second kappa shape index (κ2) is 6.70. The molecule has 0 atom stereocenters. The fourth-order valence-electron chi connectivity index (χ4n) is 1.86. The molecule has 1 aromatic heterocycles. The lowest BCUT2D eigenvalue weighted by Gasteiger charge is -2.05. The zero-order chi connectivity index (χ0) is 16.3. The van der Waals surface area contributed by atoms with Crippen molar-refractivity contribution >= 4 is 28.3 Å². The van der Waals surface area contributed by atoms with Gasteiger partial charge in [-0.3, -0.25) is 10.1 Å². The van der Waals surface area contributed by atoms with E-state index in [1.807, 2.05) is 19.1 Å². The highest BCUT2D eigenvalue weighted by Gasteiger charge is 2.19. The summed E-state index contributed by atoms with van der Waals surface area (Å²) in [6, 6.07) is 7.27. The third-order valence-corrected chi connectivity index (χ3v) is 3.88. The minimum atomic E-state index is -0.416. The zero-order valence-electron chi connectivity index (χ0n) is 13.0. The van der Waals surface area contributed by atoms with Gasteiger partial charge in [0.2, 0.25) is 0 Å². The largest absolute Gasteiger partial charge is 0.459 e. The van der Waals surface area contributed by atoms with Gasteiger partial charge in [-0.15, -0.1) is 0 Å². The number of rotatable bonds is 4. The number of esters is 1. The number of ether oxygens (including phenoxy) is 1. The Morgan fingerprint density at radius 2 is 2.00 bits per heavy atom. The van der Waals surface area contributed by atoms with Crippen LogP contribution in [0.2, 0.25) is 0 Å². The van der Waals surface area contributed by atoms with Crippen molar-refractivity contribution in [3.05, 3.63) is 46.0 Å². The number of carbonyl (C=O) groups excluding carboxylic acids is 2. The number of anilines is 1. The fraction of sp³-hybridized carbons (Fsp3) is 0.312. The van der Waals surface area contributed by atoms with E-state index in [4.69, 9.17) is 4.74 Å². The van der Waals surface area contributed by atoms with Gasteiger partial charge in [0.25, 0.3) is 5.91 Å². The number of hydrogen-bond donors (Lipinski definition) is 1. The smallest absolute Gasteiger partial charge is 0.350 e. The van der Waals surface area contributed by atoms with Crippen molar-refractivity contribution in [3.8, 4) is 0 Å². The summed E-state index contributed by atoms with van der Waals surface area (Å²) in [4.78, 5) is 28.7. The van der Waals surface area contributed by atoms with Gasteiger partial charge in [0.05, 0.1) is 11.8 Å². The molecule has 0 unspecified atom stereocenters. The number of thiazole rings is 1. The van der Waals surface area contributed by atoms with Gasteiger partial charge in [-0.1, -0.05) is 29.0 Å². The Bertz CT molecular complexity index is 707. The monoisotopic (exact) mass is 318 g/mol. The molecule has 0 saturated carbocycles. The average molecular weight is 318 g/mol. The maximum absolute atomic E-state index is 12.2. The maximum Gasteiger partial charge on any atom is 0.350 e. The number of hydrogen-bond acceptors (Lipinski definition) is 5. The molecule has 5 nitrogen and oxygen atoms in total. The molecule has 0 aliphatic carbocycles. The molecule has 0 aliphatic heterocycles. The van der Waals surface area contributed by atoms with E-state index in [0.29, 0.717) is 21.3 Å². The Kier molecular flexibility index (Phi) is 4.92. The summed E-state index contributed by atoms with van der Waals surface area (Å²) in [5.74, 6) is -0.665. The van der Waals surface area contributed by atoms with Crippen molar-refractivity contribution in [2.45, 2.75) is 33.8 Å². The molecule has 1 aromatic carbocycles. The van der Waals surface area contributed by atoms with E-state index in [1.54, 1.807) is 32.9 Å². The molecular formula is C16H18N2O3S. The predicted octanol–water partition coefficient (Wildman–Crippen LogP) is 3.58. The van der Waals surface area contributed by atoms with E-state index in [1.165, 1.54) is 0 Å². The second-order valence-corrected chi connectivity index (χ2v) is 6.21. The van der Waals surface area contributed by atoms with Crippen LogP contribution >= 0.6 is 11.3 Å². The van der Waals surface area contributed by atoms with Crippen LogP contribution in [0.15, 0.2) is 24.3 Å². The minimum Gasteiger partial charge on any atom is -0.459 e. The first-order valence-electron chi connectivity index (χ1n) is 6.93. The van der Waals surface area contributed by atoms with Crippen molar-refractivity contribution in [2.24, 2.45) is 0 Å². The van der Waals surface area contributed by atoms with Gasteiger partial charge in [0.15, 0.2) is 5.13 Å². The summed E-state index contributed by atoms with van der Waals surface area (Å²) >= 11 is 1.12. The molecule has 1 amide bonds. The molecule has 116 valence electrons. The summed E-state index contributed by atoms with van der Waals surface area (Å²) < 4.78 is 5.15. The molecule has 0 saturated heterocycles. The van der Waals surface area contributed by atoms with E-state index in [2.05, 4.69) is 10.3 Å². The second-order valence-electron chi connectivity index (χ2n) is 5.21. The Labute approximate surface area is 133 Å². The van der Waals surface area contributed by atoms with E-state index in [-0.39, 0.29) is 12.0 Å². The number of benzene rings is 1. The summed E-state index contributed by atoms with van der Waals surface area (Å²) in [6.45, 7) is 7.21. The first kappa shape index (κ1) is 16.2. The van der Waals surface area contributed by atoms with Crippen molar-refractivity contribution in [1.29, 1.82) is 0 Å².